The average molecular weight is 330 g/mol. The minimum Gasteiger partial charge on any atom is -0.495 e. The van der Waals surface area contributed by atoms with Crippen molar-refractivity contribution in [2.24, 2.45) is 5.92 Å². The molecule has 3 nitrogen and oxygen atoms in total. The second-order valence-electron chi connectivity index (χ2n) is 5.14. The maximum absolute atomic E-state index is 6.13. The molecule has 0 unspecified atom stereocenters. The molecule has 0 bridgehead atoms. The van der Waals surface area contributed by atoms with Gasteiger partial charge in [0.1, 0.15) is 17.3 Å². The number of halogens is 2. The van der Waals surface area contributed by atoms with Crippen LogP contribution in [0, 0.1) is 5.92 Å². The summed E-state index contributed by atoms with van der Waals surface area (Å²) in [6.07, 6.45) is 0. The van der Waals surface area contributed by atoms with Gasteiger partial charge in [0.05, 0.1) is 18.7 Å². The lowest BCUT2D eigenvalue weighted by Gasteiger charge is -2.06. The second kappa shape index (κ2) is 8.32. The third-order valence-electron chi connectivity index (χ3n) is 2.95. The van der Waals surface area contributed by atoms with E-state index in [1.807, 2.05) is 30.3 Å². The standard InChI is InChI=1S/C16H20ClNO2.ClH/c1-11(2)9-18-10-13-5-7-15(20-13)12-4-6-16(19-3)14(17)8-12;/h4-8,11,18H,9-10H2,1-3H3;1H. The molecule has 0 fully saturated rings. The van der Waals surface area contributed by atoms with Gasteiger partial charge in [-0.25, -0.2) is 0 Å². The Morgan fingerprint density at radius 3 is 2.62 bits per heavy atom. The monoisotopic (exact) mass is 329 g/mol. The number of furan rings is 1. The molecular formula is C16H21Cl2NO2. The Bertz CT molecular complexity index is 567. The Labute approximate surface area is 137 Å². The summed E-state index contributed by atoms with van der Waals surface area (Å²) in [5.74, 6) is 3.04. The van der Waals surface area contributed by atoms with Gasteiger partial charge < -0.3 is 14.5 Å². The first-order valence-corrected chi connectivity index (χ1v) is 7.11. The van der Waals surface area contributed by atoms with E-state index in [0.29, 0.717) is 16.7 Å². The van der Waals surface area contributed by atoms with Crippen LogP contribution in [0.25, 0.3) is 11.3 Å². The van der Waals surface area contributed by atoms with E-state index in [0.717, 1.165) is 30.2 Å². The van der Waals surface area contributed by atoms with Gasteiger partial charge in [0, 0.05) is 5.56 Å². The van der Waals surface area contributed by atoms with Crippen molar-refractivity contribution in [2.75, 3.05) is 13.7 Å². The molecule has 0 aliphatic rings. The Hall–Kier alpha value is -1.16. The van der Waals surface area contributed by atoms with Crippen molar-refractivity contribution < 1.29 is 9.15 Å². The van der Waals surface area contributed by atoms with Crippen molar-refractivity contribution in [1.29, 1.82) is 0 Å². The highest BCUT2D eigenvalue weighted by molar-refractivity contribution is 6.32. The van der Waals surface area contributed by atoms with Gasteiger partial charge in [0.25, 0.3) is 0 Å². The van der Waals surface area contributed by atoms with Gasteiger partial charge in [-0.15, -0.1) is 12.4 Å². The number of methoxy groups -OCH3 is 1. The van der Waals surface area contributed by atoms with Crippen molar-refractivity contribution in [3.63, 3.8) is 0 Å². The summed E-state index contributed by atoms with van der Waals surface area (Å²) in [5.41, 5.74) is 0.950. The lowest BCUT2D eigenvalue weighted by Crippen LogP contribution is -2.18. The predicted octanol–water partition coefficient (Wildman–Crippen LogP) is 4.78. The minimum atomic E-state index is 0. The highest BCUT2D eigenvalue weighted by Gasteiger charge is 2.08. The topological polar surface area (TPSA) is 34.4 Å². The summed E-state index contributed by atoms with van der Waals surface area (Å²) in [6.45, 7) is 6.08. The average Bonchev–Trinajstić information content (AvgIpc) is 2.87. The highest BCUT2D eigenvalue weighted by Crippen LogP contribution is 2.31. The van der Waals surface area contributed by atoms with Gasteiger partial charge in [-0.1, -0.05) is 25.4 Å². The Kier molecular flexibility index (Phi) is 7.09. The fraction of sp³-hybridized carbons (Fsp3) is 0.375. The first-order chi connectivity index (χ1) is 9.60. The van der Waals surface area contributed by atoms with Gasteiger partial charge in [-0.2, -0.15) is 0 Å². The molecule has 0 saturated heterocycles. The number of rotatable bonds is 6. The van der Waals surface area contributed by atoms with Gasteiger partial charge in [-0.05, 0) is 42.8 Å². The van der Waals surface area contributed by atoms with E-state index in [-0.39, 0.29) is 12.4 Å². The summed E-state index contributed by atoms with van der Waals surface area (Å²) < 4.78 is 11.0. The lowest BCUT2D eigenvalue weighted by atomic mass is 10.2. The van der Waals surface area contributed by atoms with Crippen molar-refractivity contribution >= 4 is 24.0 Å². The second-order valence-corrected chi connectivity index (χ2v) is 5.55. The zero-order chi connectivity index (χ0) is 14.5. The summed E-state index contributed by atoms with van der Waals surface area (Å²) >= 11 is 6.13. The Morgan fingerprint density at radius 2 is 2.00 bits per heavy atom. The number of benzene rings is 1. The van der Waals surface area contributed by atoms with E-state index in [2.05, 4.69) is 19.2 Å². The molecule has 0 amide bonds. The van der Waals surface area contributed by atoms with Crippen molar-refractivity contribution in [2.45, 2.75) is 20.4 Å². The van der Waals surface area contributed by atoms with Gasteiger partial charge in [0.2, 0.25) is 0 Å². The molecule has 0 aliphatic heterocycles. The van der Waals surface area contributed by atoms with E-state index in [1.54, 1.807) is 7.11 Å². The molecule has 0 radical (unpaired) electrons. The van der Waals surface area contributed by atoms with Crippen LogP contribution in [0.15, 0.2) is 34.7 Å². The van der Waals surface area contributed by atoms with Crippen LogP contribution >= 0.6 is 24.0 Å². The van der Waals surface area contributed by atoms with Gasteiger partial charge in [0.15, 0.2) is 0 Å². The number of hydrogen-bond donors (Lipinski definition) is 1. The third kappa shape index (κ3) is 4.95. The number of nitrogens with one attached hydrogen (secondary N) is 1. The van der Waals surface area contributed by atoms with Crippen molar-refractivity contribution in [1.82, 2.24) is 5.32 Å². The van der Waals surface area contributed by atoms with E-state index in [1.165, 1.54) is 0 Å². The summed E-state index contributed by atoms with van der Waals surface area (Å²) in [7, 11) is 1.60. The summed E-state index contributed by atoms with van der Waals surface area (Å²) in [5, 5.41) is 3.94. The molecule has 0 aliphatic carbocycles. The van der Waals surface area contributed by atoms with Crippen LogP contribution in [0.1, 0.15) is 19.6 Å². The predicted molar refractivity (Wildman–Crippen MR) is 89.5 cm³/mol. The molecule has 2 aromatic rings. The highest BCUT2D eigenvalue weighted by atomic mass is 35.5. The largest absolute Gasteiger partial charge is 0.495 e. The minimum absolute atomic E-state index is 0. The fourth-order valence-corrected chi connectivity index (χ4v) is 2.19. The Balaban J connectivity index is 0.00000220. The normalized spacial score (nSPS) is 10.5. The van der Waals surface area contributed by atoms with Crippen molar-refractivity contribution in [3.05, 3.63) is 41.1 Å². The maximum atomic E-state index is 6.13. The molecule has 0 spiro atoms. The van der Waals surface area contributed by atoms with E-state index in [9.17, 15) is 0 Å². The number of ether oxygens (including phenoxy) is 1. The van der Waals surface area contributed by atoms with Gasteiger partial charge >= 0.3 is 0 Å². The molecular weight excluding hydrogens is 309 g/mol. The van der Waals surface area contributed by atoms with Crippen LogP contribution < -0.4 is 10.1 Å². The zero-order valence-electron chi connectivity index (χ0n) is 12.5. The molecule has 21 heavy (non-hydrogen) atoms. The first-order valence-electron chi connectivity index (χ1n) is 6.73. The van der Waals surface area contributed by atoms with Crippen LogP contribution in [0.3, 0.4) is 0 Å². The molecule has 5 heteroatoms. The molecule has 1 heterocycles. The Morgan fingerprint density at radius 1 is 1.24 bits per heavy atom. The molecule has 0 saturated carbocycles. The van der Waals surface area contributed by atoms with Crippen molar-refractivity contribution in [3.8, 4) is 17.1 Å². The SMILES string of the molecule is COc1ccc(-c2ccc(CNCC(C)C)o2)cc1Cl.Cl. The molecule has 0 atom stereocenters. The summed E-state index contributed by atoms with van der Waals surface area (Å²) in [4.78, 5) is 0. The fourth-order valence-electron chi connectivity index (χ4n) is 1.93. The van der Waals surface area contributed by atoms with Crippen LogP contribution in [0.4, 0.5) is 0 Å². The molecule has 1 N–H and O–H groups in total. The van der Waals surface area contributed by atoms with Crippen LogP contribution in [0.5, 0.6) is 5.75 Å². The number of hydrogen-bond acceptors (Lipinski definition) is 3. The first kappa shape index (κ1) is 17.9. The smallest absolute Gasteiger partial charge is 0.137 e. The lowest BCUT2D eigenvalue weighted by molar-refractivity contribution is 0.415. The van der Waals surface area contributed by atoms with E-state index >= 15 is 0 Å². The van der Waals surface area contributed by atoms with Crippen LogP contribution in [-0.4, -0.2) is 13.7 Å². The van der Waals surface area contributed by atoms with Crippen LogP contribution in [0.2, 0.25) is 5.02 Å². The van der Waals surface area contributed by atoms with Crippen LogP contribution in [-0.2, 0) is 6.54 Å². The molecule has 116 valence electrons. The zero-order valence-corrected chi connectivity index (χ0v) is 14.1. The van der Waals surface area contributed by atoms with E-state index < -0.39 is 0 Å². The maximum Gasteiger partial charge on any atom is 0.137 e. The molecule has 2 rings (SSSR count). The third-order valence-corrected chi connectivity index (χ3v) is 3.25. The molecule has 1 aromatic heterocycles. The summed E-state index contributed by atoms with van der Waals surface area (Å²) in [6, 6.07) is 9.58. The molecule has 1 aromatic carbocycles. The van der Waals surface area contributed by atoms with E-state index in [4.69, 9.17) is 20.8 Å². The van der Waals surface area contributed by atoms with Gasteiger partial charge in [-0.3, -0.25) is 0 Å². The quantitative estimate of drug-likeness (QED) is 0.828.